The number of hydrogen-bond donors (Lipinski definition) is 1. The number of carbonyl (C=O) groups excluding carboxylic acids is 1. The first-order valence-electron chi connectivity index (χ1n) is 4.98. The number of rotatable bonds is 3. The van der Waals surface area contributed by atoms with Gasteiger partial charge >= 0.3 is 0 Å². The van der Waals surface area contributed by atoms with Crippen LogP contribution in [0.15, 0.2) is 18.2 Å². The highest BCUT2D eigenvalue weighted by Crippen LogP contribution is 2.10. The molecule has 0 bridgehead atoms. The first-order chi connectivity index (χ1) is 7.04. The molecule has 3 heteroatoms. The number of hydrogen-bond acceptors (Lipinski definition) is 1. The minimum absolute atomic E-state index is 0.000121. The topological polar surface area (TPSA) is 29.1 Å². The molecule has 1 atom stereocenters. The van der Waals surface area contributed by atoms with E-state index < -0.39 is 0 Å². The van der Waals surface area contributed by atoms with Crippen molar-refractivity contribution in [1.82, 2.24) is 5.32 Å². The predicted molar refractivity (Wildman–Crippen MR) is 63.6 cm³/mol. The average molecular weight is 226 g/mol. The van der Waals surface area contributed by atoms with Gasteiger partial charge in [0.2, 0.25) is 0 Å². The molecule has 82 valence electrons. The minimum Gasteiger partial charge on any atom is -0.348 e. The Kier molecular flexibility index (Phi) is 4.15. The van der Waals surface area contributed by atoms with Crippen LogP contribution in [0.1, 0.15) is 28.4 Å². The molecular formula is C12H16ClNO. The van der Waals surface area contributed by atoms with Crippen LogP contribution in [0.25, 0.3) is 0 Å². The molecule has 0 saturated heterocycles. The molecule has 0 aliphatic rings. The highest BCUT2D eigenvalue weighted by atomic mass is 35.5. The lowest BCUT2D eigenvalue weighted by atomic mass is 10.1. The molecule has 0 radical (unpaired) electrons. The van der Waals surface area contributed by atoms with Crippen LogP contribution in [-0.2, 0) is 0 Å². The molecule has 0 spiro atoms. The smallest absolute Gasteiger partial charge is 0.251 e. The van der Waals surface area contributed by atoms with Crippen LogP contribution in [0.5, 0.6) is 0 Å². The largest absolute Gasteiger partial charge is 0.348 e. The fourth-order valence-electron chi connectivity index (χ4n) is 1.41. The van der Waals surface area contributed by atoms with Crippen molar-refractivity contribution in [1.29, 1.82) is 0 Å². The zero-order chi connectivity index (χ0) is 11.4. The number of halogens is 1. The second kappa shape index (κ2) is 5.17. The summed E-state index contributed by atoms with van der Waals surface area (Å²) < 4.78 is 0. The van der Waals surface area contributed by atoms with Gasteiger partial charge in [0, 0.05) is 17.5 Å². The number of amides is 1. The van der Waals surface area contributed by atoms with Gasteiger partial charge in [0.1, 0.15) is 0 Å². The molecule has 1 aromatic rings. The predicted octanol–water partition coefficient (Wildman–Crippen LogP) is 2.66. The molecule has 1 unspecified atom stereocenters. The van der Waals surface area contributed by atoms with Crippen LogP contribution in [-0.4, -0.2) is 17.8 Å². The zero-order valence-electron chi connectivity index (χ0n) is 9.30. The Morgan fingerprint density at radius 1 is 1.47 bits per heavy atom. The Balaban J connectivity index is 2.82. The van der Waals surface area contributed by atoms with Gasteiger partial charge in [0.05, 0.1) is 0 Å². The number of alkyl halides is 1. The first kappa shape index (κ1) is 12.1. The number of nitrogens with one attached hydrogen (secondary N) is 1. The van der Waals surface area contributed by atoms with Gasteiger partial charge in [-0.25, -0.2) is 0 Å². The maximum absolute atomic E-state index is 11.8. The van der Waals surface area contributed by atoms with Gasteiger partial charge < -0.3 is 5.32 Å². The van der Waals surface area contributed by atoms with Crippen molar-refractivity contribution in [2.24, 2.45) is 0 Å². The molecule has 0 fully saturated rings. The zero-order valence-corrected chi connectivity index (χ0v) is 10.1. The molecule has 1 rings (SSSR count). The molecule has 0 aliphatic heterocycles. The van der Waals surface area contributed by atoms with E-state index in [-0.39, 0.29) is 11.9 Å². The summed E-state index contributed by atoms with van der Waals surface area (Å²) in [6.45, 7) is 5.83. The van der Waals surface area contributed by atoms with E-state index in [9.17, 15) is 4.79 Å². The van der Waals surface area contributed by atoms with E-state index in [1.54, 1.807) is 0 Å². The van der Waals surface area contributed by atoms with E-state index in [0.29, 0.717) is 5.88 Å². The van der Waals surface area contributed by atoms with Gasteiger partial charge in [-0.1, -0.05) is 17.7 Å². The number of carbonyl (C=O) groups is 1. The molecule has 0 saturated carbocycles. The molecule has 0 aromatic heterocycles. The van der Waals surface area contributed by atoms with Crippen molar-refractivity contribution in [3.8, 4) is 0 Å². The maximum Gasteiger partial charge on any atom is 0.251 e. The van der Waals surface area contributed by atoms with Crippen LogP contribution in [0.3, 0.4) is 0 Å². The Labute approximate surface area is 95.6 Å². The van der Waals surface area contributed by atoms with Crippen molar-refractivity contribution < 1.29 is 4.79 Å². The Morgan fingerprint density at radius 2 is 2.13 bits per heavy atom. The number of aryl methyl sites for hydroxylation is 2. The van der Waals surface area contributed by atoms with Gasteiger partial charge in [0.25, 0.3) is 5.91 Å². The van der Waals surface area contributed by atoms with E-state index >= 15 is 0 Å². The molecule has 0 aliphatic carbocycles. The second-order valence-electron chi connectivity index (χ2n) is 3.85. The minimum atomic E-state index is -0.0550. The summed E-state index contributed by atoms with van der Waals surface area (Å²) in [6.07, 6.45) is 0. The Morgan fingerprint density at radius 3 is 2.67 bits per heavy atom. The first-order valence-corrected chi connectivity index (χ1v) is 5.52. The molecule has 2 nitrogen and oxygen atoms in total. The second-order valence-corrected chi connectivity index (χ2v) is 4.16. The molecule has 0 heterocycles. The SMILES string of the molecule is Cc1ccc(C(=O)NC(C)CCl)c(C)c1. The lowest BCUT2D eigenvalue weighted by molar-refractivity contribution is 0.0943. The summed E-state index contributed by atoms with van der Waals surface area (Å²) in [5, 5.41) is 2.84. The van der Waals surface area contributed by atoms with Gasteiger partial charge in [-0.2, -0.15) is 0 Å². The van der Waals surface area contributed by atoms with Crippen molar-refractivity contribution >= 4 is 17.5 Å². The van der Waals surface area contributed by atoms with Crippen molar-refractivity contribution in [3.63, 3.8) is 0 Å². The highest BCUT2D eigenvalue weighted by molar-refractivity contribution is 6.18. The summed E-state index contributed by atoms with van der Waals surface area (Å²) in [4.78, 5) is 11.8. The summed E-state index contributed by atoms with van der Waals surface area (Å²) in [6, 6.07) is 5.79. The Bertz CT molecular complexity index is 363. The van der Waals surface area contributed by atoms with Crippen LogP contribution < -0.4 is 5.32 Å². The molecular weight excluding hydrogens is 210 g/mol. The van der Waals surface area contributed by atoms with Crippen LogP contribution >= 0.6 is 11.6 Å². The lowest BCUT2D eigenvalue weighted by Crippen LogP contribution is -2.34. The van der Waals surface area contributed by atoms with E-state index in [1.165, 1.54) is 0 Å². The third-order valence-corrected chi connectivity index (χ3v) is 2.70. The standard InChI is InChI=1S/C12H16ClNO/c1-8-4-5-11(9(2)6-8)12(15)14-10(3)7-13/h4-6,10H,7H2,1-3H3,(H,14,15). The van der Waals surface area contributed by atoms with Crippen LogP contribution in [0, 0.1) is 13.8 Å². The van der Waals surface area contributed by atoms with Gasteiger partial charge in [-0.15, -0.1) is 11.6 Å². The Hall–Kier alpha value is -1.02. The van der Waals surface area contributed by atoms with E-state index in [2.05, 4.69) is 5.32 Å². The third kappa shape index (κ3) is 3.24. The summed E-state index contributed by atoms with van der Waals surface area (Å²) in [7, 11) is 0. The number of benzene rings is 1. The van der Waals surface area contributed by atoms with Gasteiger partial charge in [-0.05, 0) is 32.4 Å². The fraction of sp³-hybridized carbons (Fsp3) is 0.417. The molecule has 1 N–H and O–H groups in total. The van der Waals surface area contributed by atoms with Gasteiger partial charge in [0.15, 0.2) is 0 Å². The molecule has 1 aromatic carbocycles. The summed E-state index contributed by atoms with van der Waals surface area (Å²) >= 11 is 5.63. The monoisotopic (exact) mass is 225 g/mol. The van der Waals surface area contributed by atoms with Crippen LogP contribution in [0.2, 0.25) is 0 Å². The van der Waals surface area contributed by atoms with Crippen LogP contribution in [0.4, 0.5) is 0 Å². The summed E-state index contributed by atoms with van der Waals surface area (Å²) in [5.74, 6) is 0.372. The fourth-order valence-corrected chi connectivity index (χ4v) is 1.49. The lowest BCUT2D eigenvalue weighted by Gasteiger charge is -2.12. The van der Waals surface area contributed by atoms with E-state index in [4.69, 9.17) is 11.6 Å². The van der Waals surface area contributed by atoms with Crippen molar-refractivity contribution in [3.05, 3.63) is 34.9 Å². The summed E-state index contributed by atoms with van der Waals surface area (Å²) in [5.41, 5.74) is 2.88. The highest BCUT2D eigenvalue weighted by Gasteiger charge is 2.10. The van der Waals surface area contributed by atoms with Crippen molar-refractivity contribution in [2.75, 3.05) is 5.88 Å². The van der Waals surface area contributed by atoms with Gasteiger partial charge in [-0.3, -0.25) is 4.79 Å². The molecule has 15 heavy (non-hydrogen) atoms. The molecule has 1 amide bonds. The normalized spacial score (nSPS) is 12.3. The maximum atomic E-state index is 11.8. The van der Waals surface area contributed by atoms with Crippen molar-refractivity contribution in [2.45, 2.75) is 26.8 Å². The van der Waals surface area contributed by atoms with E-state index in [0.717, 1.165) is 16.7 Å². The van der Waals surface area contributed by atoms with E-state index in [1.807, 2.05) is 39.0 Å². The third-order valence-electron chi connectivity index (χ3n) is 2.24. The average Bonchev–Trinajstić information content (AvgIpc) is 2.17. The quantitative estimate of drug-likeness (QED) is 0.788.